The van der Waals surface area contributed by atoms with Crippen LogP contribution in [0.2, 0.25) is 0 Å². The summed E-state index contributed by atoms with van der Waals surface area (Å²) in [5.74, 6) is 0.920. The topological polar surface area (TPSA) is 68.9 Å². The molecule has 0 atom stereocenters. The summed E-state index contributed by atoms with van der Waals surface area (Å²) < 4.78 is 5.61. The van der Waals surface area contributed by atoms with Crippen molar-refractivity contribution in [3.63, 3.8) is 0 Å². The molecule has 0 fully saturated rings. The van der Waals surface area contributed by atoms with Gasteiger partial charge < -0.3 is 4.42 Å². The van der Waals surface area contributed by atoms with Crippen LogP contribution in [0, 0.1) is 6.92 Å². The largest absolute Gasteiger partial charge is 0.416 e. The molecule has 2 aromatic heterocycles. The molecular formula is C18H17N3O2S2. The third-order valence-electron chi connectivity index (χ3n) is 4.19. The van der Waals surface area contributed by atoms with Gasteiger partial charge in [-0.3, -0.25) is 4.79 Å². The van der Waals surface area contributed by atoms with E-state index in [-0.39, 0.29) is 5.78 Å². The van der Waals surface area contributed by atoms with Crippen molar-refractivity contribution in [1.82, 2.24) is 15.2 Å². The van der Waals surface area contributed by atoms with Gasteiger partial charge in [-0.15, -0.1) is 21.5 Å². The molecule has 3 aromatic rings. The number of aromatic nitrogens is 3. The van der Waals surface area contributed by atoms with Crippen LogP contribution >= 0.6 is 23.1 Å². The van der Waals surface area contributed by atoms with Crippen molar-refractivity contribution >= 4 is 28.9 Å². The first-order valence-corrected chi connectivity index (χ1v) is 10.0. The van der Waals surface area contributed by atoms with Crippen LogP contribution in [0.3, 0.4) is 0 Å². The van der Waals surface area contributed by atoms with Crippen molar-refractivity contribution < 1.29 is 9.21 Å². The average Bonchev–Trinajstić information content (AvgIpc) is 3.33. The van der Waals surface area contributed by atoms with Crippen LogP contribution in [-0.4, -0.2) is 26.7 Å². The number of hydrogen-bond donors (Lipinski definition) is 0. The zero-order chi connectivity index (χ0) is 17.2. The Morgan fingerprint density at radius 1 is 1.28 bits per heavy atom. The molecule has 25 heavy (non-hydrogen) atoms. The Morgan fingerprint density at radius 2 is 2.16 bits per heavy atom. The summed E-state index contributed by atoms with van der Waals surface area (Å²) in [6, 6.07) is 6.05. The van der Waals surface area contributed by atoms with Gasteiger partial charge in [-0.2, -0.15) is 0 Å². The molecule has 4 rings (SSSR count). The lowest BCUT2D eigenvalue weighted by molar-refractivity contribution is 0.102. The van der Waals surface area contributed by atoms with Crippen LogP contribution in [0.1, 0.15) is 44.5 Å². The molecule has 0 saturated carbocycles. The second-order valence-electron chi connectivity index (χ2n) is 6.05. The summed E-state index contributed by atoms with van der Waals surface area (Å²) in [7, 11) is 0. The molecule has 0 aliphatic heterocycles. The SMILES string of the molecule is Cc1nc(Cc2nnc(SCC(=O)c3ccc4c(c3)CCC4)o2)cs1. The molecule has 5 nitrogen and oxygen atoms in total. The predicted molar refractivity (Wildman–Crippen MR) is 97.5 cm³/mol. The highest BCUT2D eigenvalue weighted by Gasteiger charge is 2.16. The van der Waals surface area contributed by atoms with E-state index in [1.54, 1.807) is 11.3 Å². The van der Waals surface area contributed by atoms with Crippen LogP contribution in [0.4, 0.5) is 0 Å². The maximum Gasteiger partial charge on any atom is 0.277 e. The lowest BCUT2D eigenvalue weighted by atomic mass is 10.0. The van der Waals surface area contributed by atoms with Crippen LogP contribution in [0.5, 0.6) is 0 Å². The van der Waals surface area contributed by atoms with E-state index in [9.17, 15) is 4.79 Å². The normalized spacial score (nSPS) is 13.2. The summed E-state index contributed by atoms with van der Waals surface area (Å²) in [6.07, 6.45) is 3.91. The number of nitrogens with zero attached hydrogens (tertiary/aromatic N) is 3. The van der Waals surface area contributed by atoms with Gasteiger partial charge in [0.25, 0.3) is 5.22 Å². The fraction of sp³-hybridized carbons (Fsp3) is 0.333. The van der Waals surface area contributed by atoms with Crippen molar-refractivity contribution in [3.05, 3.63) is 56.9 Å². The quantitative estimate of drug-likeness (QED) is 0.484. The number of ketones is 1. The van der Waals surface area contributed by atoms with E-state index in [1.165, 1.54) is 29.3 Å². The average molecular weight is 371 g/mol. The highest BCUT2D eigenvalue weighted by atomic mass is 32.2. The van der Waals surface area contributed by atoms with Gasteiger partial charge in [-0.1, -0.05) is 23.9 Å². The number of benzene rings is 1. The van der Waals surface area contributed by atoms with E-state index in [0.29, 0.717) is 23.3 Å². The second-order valence-corrected chi connectivity index (χ2v) is 8.03. The van der Waals surface area contributed by atoms with Crippen molar-refractivity contribution in [2.75, 3.05) is 5.75 Å². The van der Waals surface area contributed by atoms with Crippen LogP contribution in [0.15, 0.2) is 33.2 Å². The Kier molecular flexibility index (Phi) is 4.67. The summed E-state index contributed by atoms with van der Waals surface area (Å²) in [4.78, 5) is 16.8. The standard InChI is InChI=1S/C18H17N3O2S2/c1-11-19-15(9-24-11)8-17-20-21-18(23-17)25-10-16(22)14-6-5-12-3-2-4-13(12)7-14/h5-7,9H,2-4,8,10H2,1H3. The minimum Gasteiger partial charge on any atom is -0.416 e. The molecule has 0 amide bonds. The number of aryl methyl sites for hydroxylation is 3. The Balaban J connectivity index is 1.36. The maximum absolute atomic E-state index is 12.4. The fourth-order valence-corrected chi connectivity index (χ4v) is 4.26. The molecule has 0 spiro atoms. The zero-order valence-electron chi connectivity index (χ0n) is 13.8. The first kappa shape index (κ1) is 16.5. The van der Waals surface area contributed by atoms with E-state index in [4.69, 9.17) is 4.42 Å². The summed E-state index contributed by atoms with van der Waals surface area (Å²) in [6.45, 7) is 1.97. The Morgan fingerprint density at radius 3 is 3.00 bits per heavy atom. The molecular weight excluding hydrogens is 354 g/mol. The highest BCUT2D eigenvalue weighted by molar-refractivity contribution is 7.99. The van der Waals surface area contributed by atoms with Gasteiger partial charge in [0.05, 0.1) is 22.9 Å². The van der Waals surface area contributed by atoms with Crippen molar-refractivity contribution in [2.45, 2.75) is 37.8 Å². The molecule has 0 unspecified atom stereocenters. The summed E-state index contributed by atoms with van der Waals surface area (Å²) in [5, 5.41) is 11.5. The lowest BCUT2D eigenvalue weighted by Gasteiger charge is -2.03. The number of hydrogen-bond acceptors (Lipinski definition) is 7. The fourth-order valence-electron chi connectivity index (χ4n) is 2.97. The van der Waals surface area contributed by atoms with Gasteiger partial charge in [0.1, 0.15) is 0 Å². The van der Waals surface area contributed by atoms with Crippen molar-refractivity contribution in [1.29, 1.82) is 0 Å². The third kappa shape index (κ3) is 3.82. The second kappa shape index (κ2) is 7.09. The Labute approximate surface area is 153 Å². The van der Waals surface area contributed by atoms with Crippen molar-refractivity contribution in [2.24, 2.45) is 0 Å². The molecule has 0 radical (unpaired) electrons. The molecule has 0 N–H and O–H groups in total. The minimum absolute atomic E-state index is 0.0922. The van der Waals surface area contributed by atoms with Gasteiger partial charge in [0.15, 0.2) is 5.78 Å². The first-order valence-electron chi connectivity index (χ1n) is 8.18. The molecule has 1 aliphatic rings. The number of thioether (sulfide) groups is 1. The van der Waals surface area contributed by atoms with Gasteiger partial charge >= 0.3 is 0 Å². The molecule has 128 valence electrons. The summed E-state index contributed by atoms with van der Waals surface area (Å²) in [5.41, 5.74) is 4.39. The minimum atomic E-state index is 0.0922. The van der Waals surface area contributed by atoms with Crippen molar-refractivity contribution in [3.8, 4) is 0 Å². The van der Waals surface area contributed by atoms with Gasteiger partial charge in [-0.25, -0.2) is 4.98 Å². The molecule has 1 aromatic carbocycles. The smallest absolute Gasteiger partial charge is 0.277 e. The number of thiazole rings is 1. The van der Waals surface area contributed by atoms with Crippen LogP contribution < -0.4 is 0 Å². The number of rotatable bonds is 6. The van der Waals surface area contributed by atoms with Gasteiger partial charge in [0, 0.05) is 10.9 Å². The van der Waals surface area contributed by atoms with E-state index in [2.05, 4.69) is 21.2 Å². The predicted octanol–water partition coefficient (Wildman–Crippen LogP) is 3.89. The number of fused-ring (bicyclic) bond motifs is 1. The Hall–Kier alpha value is -1.99. The third-order valence-corrected chi connectivity index (χ3v) is 5.84. The monoisotopic (exact) mass is 371 g/mol. The molecule has 1 aliphatic carbocycles. The van der Waals surface area contributed by atoms with E-state index < -0.39 is 0 Å². The molecule has 0 saturated heterocycles. The lowest BCUT2D eigenvalue weighted by Crippen LogP contribution is -2.03. The van der Waals surface area contributed by atoms with E-state index >= 15 is 0 Å². The number of carbonyl (C=O) groups is 1. The number of carbonyl (C=O) groups excluding carboxylic acids is 1. The Bertz CT molecular complexity index is 917. The van der Waals surface area contributed by atoms with Gasteiger partial charge in [-0.05, 0) is 43.4 Å². The van der Waals surface area contributed by atoms with E-state index in [1.807, 2.05) is 24.4 Å². The van der Waals surface area contributed by atoms with Gasteiger partial charge in [0.2, 0.25) is 5.89 Å². The molecule has 0 bridgehead atoms. The molecule has 7 heteroatoms. The zero-order valence-corrected chi connectivity index (χ0v) is 15.5. The maximum atomic E-state index is 12.4. The molecule has 2 heterocycles. The van der Waals surface area contributed by atoms with E-state index in [0.717, 1.165) is 29.1 Å². The van der Waals surface area contributed by atoms with Crippen LogP contribution in [0.25, 0.3) is 0 Å². The first-order chi connectivity index (χ1) is 12.2. The summed E-state index contributed by atoms with van der Waals surface area (Å²) >= 11 is 2.89. The highest BCUT2D eigenvalue weighted by Crippen LogP contribution is 2.24. The van der Waals surface area contributed by atoms with Crippen LogP contribution in [-0.2, 0) is 19.3 Å². The number of Topliss-reactive ketones (excluding diaryl/α,β-unsaturated/α-hetero) is 1.